The number of carbonyl (C=O) groups excluding carboxylic acids is 1. The monoisotopic (exact) mass is 544 g/mol. The standard InChI is InChI=1S/C28H34F2N4O5/c1-7-33(25-23(29)21(37-5)15-22(38-6)24(25)30)18-8-9-20-19(14-18)26(35)34(16-31-20)17-10-12-32(13-11-17)27(36)39-28(2,3)4/h8-9,14-17H,7,10-13H2,1-6H3. The lowest BCUT2D eigenvalue weighted by atomic mass is 10.0. The van der Waals surface area contributed by atoms with E-state index in [0.717, 1.165) is 6.07 Å². The number of rotatable bonds is 6. The van der Waals surface area contributed by atoms with Gasteiger partial charge in [0.1, 0.15) is 11.3 Å². The van der Waals surface area contributed by atoms with Gasteiger partial charge in [-0.25, -0.2) is 18.6 Å². The summed E-state index contributed by atoms with van der Waals surface area (Å²) < 4.78 is 47.8. The number of amides is 1. The van der Waals surface area contributed by atoms with Crippen molar-refractivity contribution in [2.45, 2.75) is 52.2 Å². The normalized spacial score (nSPS) is 14.4. The maximum atomic E-state index is 15.3. The third kappa shape index (κ3) is 5.62. The molecule has 0 spiro atoms. The summed E-state index contributed by atoms with van der Waals surface area (Å²) in [7, 11) is 2.58. The topological polar surface area (TPSA) is 86.1 Å². The van der Waals surface area contributed by atoms with Gasteiger partial charge in [-0.1, -0.05) is 0 Å². The first kappa shape index (κ1) is 28.1. The minimum atomic E-state index is -0.877. The van der Waals surface area contributed by atoms with Crippen molar-refractivity contribution in [1.82, 2.24) is 14.5 Å². The second-order valence-electron chi connectivity index (χ2n) is 10.4. The van der Waals surface area contributed by atoms with Crippen molar-refractivity contribution >= 4 is 28.4 Å². The minimum Gasteiger partial charge on any atom is -0.493 e. The van der Waals surface area contributed by atoms with Crippen LogP contribution in [0.1, 0.15) is 46.6 Å². The Labute approximate surface area is 225 Å². The molecule has 2 heterocycles. The van der Waals surface area contributed by atoms with Crippen molar-refractivity contribution in [2.24, 2.45) is 0 Å². The molecule has 2 aromatic carbocycles. The molecule has 1 aromatic heterocycles. The van der Waals surface area contributed by atoms with Crippen LogP contribution >= 0.6 is 0 Å². The number of hydrogen-bond acceptors (Lipinski definition) is 7. The maximum absolute atomic E-state index is 15.3. The molecule has 0 saturated carbocycles. The van der Waals surface area contributed by atoms with Gasteiger partial charge in [0, 0.05) is 37.4 Å². The molecular formula is C28H34F2N4O5. The fourth-order valence-corrected chi connectivity index (χ4v) is 4.78. The number of hydrogen-bond donors (Lipinski definition) is 0. The van der Waals surface area contributed by atoms with E-state index in [0.29, 0.717) is 42.5 Å². The van der Waals surface area contributed by atoms with Gasteiger partial charge in [-0.05, 0) is 58.7 Å². The average molecular weight is 545 g/mol. The Kier molecular flexibility index (Phi) is 7.99. The molecule has 3 aromatic rings. The number of carbonyl (C=O) groups is 1. The molecule has 0 N–H and O–H groups in total. The number of halogens is 2. The Balaban J connectivity index is 1.67. The molecule has 9 nitrogen and oxygen atoms in total. The van der Waals surface area contributed by atoms with Crippen LogP contribution in [0, 0.1) is 11.6 Å². The lowest BCUT2D eigenvalue weighted by Gasteiger charge is -2.34. The summed E-state index contributed by atoms with van der Waals surface area (Å²) in [6, 6.07) is 5.89. The van der Waals surface area contributed by atoms with Crippen molar-refractivity contribution in [2.75, 3.05) is 38.8 Å². The number of ether oxygens (including phenoxy) is 3. The first-order valence-electron chi connectivity index (χ1n) is 12.8. The van der Waals surface area contributed by atoms with Crippen LogP contribution in [0.25, 0.3) is 10.9 Å². The van der Waals surface area contributed by atoms with E-state index in [9.17, 15) is 9.59 Å². The first-order valence-corrected chi connectivity index (χ1v) is 12.8. The molecule has 1 fully saturated rings. The summed E-state index contributed by atoms with van der Waals surface area (Å²) in [4.78, 5) is 33.5. The molecule has 1 aliphatic rings. The van der Waals surface area contributed by atoms with Gasteiger partial charge in [0.2, 0.25) is 0 Å². The zero-order valence-electron chi connectivity index (χ0n) is 23.1. The highest BCUT2D eigenvalue weighted by Gasteiger charge is 2.29. The van der Waals surface area contributed by atoms with Crippen molar-refractivity contribution in [1.29, 1.82) is 0 Å². The van der Waals surface area contributed by atoms with E-state index in [1.54, 1.807) is 34.6 Å². The predicted molar refractivity (Wildman–Crippen MR) is 144 cm³/mol. The fraction of sp³-hybridized carbons (Fsp3) is 0.464. The Morgan fingerprint density at radius 1 is 1.08 bits per heavy atom. The van der Waals surface area contributed by atoms with Crippen LogP contribution in [0.2, 0.25) is 0 Å². The number of likely N-dealkylation sites (tertiary alicyclic amines) is 1. The number of nitrogens with zero attached hydrogens (tertiary/aromatic N) is 4. The van der Waals surface area contributed by atoms with Crippen LogP contribution < -0.4 is 19.9 Å². The molecule has 0 bridgehead atoms. The van der Waals surface area contributed by atoms with Crippen molar-refractivity contribution in [3.8, 4) is 11.5 Å². The third-order valence-electron chi connectivity index (χ3n) is 6.72. The number of fused-ring (bicyclic) bond motifs is 1. The SMILES string of the molecule is CCN(c1ccc2ncn(C3CCN(C(=O)OC(C)(C)C)CC3)c(=O)c2c1)c1c(F)c(OC)cc(OC)c1F. The Morgan fingerprint density at radius 3 is 2.23 bits per heavy atom. The van der Waals surface area contributed by atoms with Gasteiger partial charge >= 0.3 is 6.09 Å². The summed E-state index contributed by atoms with van der Waals surface area (Å²) in [5.74, 6) is -2.08. The molecule has 0 unspecified atom stereocenters. The van der Waals surface area contributed by atoms with Crippen molar-refractivity contribution in [3.63, 3.8) is 0 Å². The lowest BCUT2D eigenvalue weighted by Crippen LogP contribution is -2.43. The van der Waals surface area contributed by atoms with Crippen LogP contribution in [0.3, 0.4) is 0 Å². The van der Waals surface area contributed by atoms with Gasteiger partial charge in [-0.2, -0.15) is 0 Å². The predicted octanol–water partition coefficient (Wildman–Crippen LogP) is 5.42. The molecule has 39 heavy (non-hydrogen) atoms. The number of benzene rings is 2. The van der Waals surface area contributed by atoms with E-state index in [4.69, 9.17) is 14.2 Å². The van der Waals surface area contributed by atoms with E-state index in [-0.39, 0.29) is 41.4 Å². The van der Waals surface area contributed by atoms with E-state index in [1.807, 2.05) is 20.8 Å². The molecule has 11 heteroatoms. The smallest absolute Gasteiger partial charge is 0.410 e. The fourth-order valence-electron chi connectivity index (χ4n) is 4.78. The number of piperidine rings is 1. The van der Waals surface area contributed by atoms with Crippen LogP contribution in [0.15, 0.2) is 35.4 Å². The molecule has 0 radical (unpaired) electrons. The highest BCUT2D eigenvalue weighted by atomic mass is 19.1. The summed E-state index contributed by atoms with van der Waals surface area (Å²) >= 11 is 0. The number of anilines is 2. The summed E-state index contributed by atoms with van der Waals surface area (Å²) in [6.45, 7) is 8.30. The second kappa shape index (κ2) is 11.1. The van der Waals surface area contributed by atoms with E-state index in [1.165, 1.54) is 25.4 Å². The molecule has 1 aliphatic heterocycles. The van der Waals surface area contributed by atoms with Crippen LogP contribution in [-0.2, 0) is 4.74 Å². The van der Waals surface area contributed by atoms with E-state index >= 15 is 8.78 Å². The Bertz CT molecular complexity index is 1400. The van der Waals surface area contributed by atoms with Crippen LogP contribution in [0.4, 0.5) is 25.0 Å². The highest BCUT2D eigenvalue weighted by Crippen LogP contribution is 2.40. The Hall–Kier alpha value is -3.89. The van der Waals surface area contributed by atoms with E-state index in [2.05, 4.69) is 4.98 Å². The van der Waals surface area contributed by atoms with Crippen molar-refractivity contribution in [3.05, 3.63) is 52.6 Å². The summed E-state index contributed by atoms with van der Waals surface area (Å²) in [5, 5.41) is 0.318. The summed E-state index contributed by atoms with van der Waals surface area (Å²) in [5.41, 5.74) is -0.315. The summed E-state index contributed by atoms with van der Waals surface area (Å²) in [6.07, 6.45) is 2.27. The molecule has 1 amide bonds. The third-order valence-corrected chi connectivity index (χ3v) is 6.72. The van der Waals surface area contributed by atoms with E-state index < -0.39 is 17.2 Å². The Morgan fingerprint density at radius 2 is 1.69 bits per heavy atom. The van der Waals surface area contributed by atoms with Gasteiger partial charge in [0.25, 0.3) is 5.56 Å². The highest BCUT2D eigenvalue weighted by molar-refractivity contribution is 5.83. The van der Waals surface area contributed by atoms with Crippen LogP contribution in [-0.4, -0.2) is 60.0 Å². The number of methoxy groups -OCH3 is 2. The van der Waals surface area contributed by atoms with Crippen molar-refractivity contribution < 1.29 is 27.8 Å². The zero-order valence-corrected chi connectivity index (χ0v) is 23.1. The van der Waals surface area contributed by atoms with Gasteiger partial charge in [-0.15, -0.1) is 0 Å². The van der Waals surface area contributed by atoms with Gasteiger partial charge < -0.3 is 24.0 Å². The van der Waals surface area contributed by atoms with Crippen LogP contribution in [0.5, 0.6) is 11.5 Å². The quantitative estimate of drug-likeness (QED) is 0.410. The number of aromatic nitrogens is 2. The average Bonchev–Trinajstić information content (AvgIpc) is 2.90. The molecular weight excluding hydrogens is 510 g/mol. The first-order chi connectivity index (χ1) is 18.5. The second-order valence-corrected chi connectivity index (χ2v) is 10.4. The minimum absolute atomic E-state index is 0.156. The van der Waals surface area contributed by atoms with Gasteiger partial charge in [0.05, 0.1) is 31.4 Å². The largest absolute Gasteiger partial charge is 0.493 e. The molecule has 4 rings (SSSR count). The molecule has 0 aliphatic carbocycles. The molecule has 210 valence electrons. The molecule has 0 atom stereocenters. The van der Waals surface area contributed by atoms with Gasteiger partial charge in [0.15, 0.2) is 23.1 Å². The lowest BCUT2D eigenvalue weighted by molar-refractivity contribution is 0.0187. The maximum Gasteiger partial charge on any atom is 0.410 e. The van der Waals surface area contributed by atoms with Gasteiger partial charge in [-0.3, -0.25) is 9.36 Å². The zero-order chi connectivity index (χ0) is 28.5. The molecule has 1 saturated heterocycles.